The number of likely N-dealkylation sites (tertiary alicyclic amines) is 1. The van der Waals surface area contributed by atoms with Crippen LogP contribution < -0.4 is 5.69 Å². The summed E-state index contributed by atoms with van der Waals surface area (Å²) in [5, 5.41) is 4.57. The molecule has 3 rings (SSSR count). The van der Waals surface area contributed by atoms with E-state index in [9.17, 15) is 18.0 Å². The van der Waals surface area contributed by atoms with E-state index in [2.05, 4.69) is 5.10 Å². The number of methoxy groups -OCH3 is 1. The van der Waals surface area contributed by atoms with Crippen LogP contribution in [-0.2, 0) is 26.1 Å². The van der Waals surface area contributed by atoms with E-state index in [0.29, 0.717) is 26.2 Å². The summed E-state index contributed by atoms with van der Waals surface area (Å²) in [6.07, 6.45) is 4.66. The maximum absolute atomic E-state index is 12.7. The smallest absolute Gasteiger partial charge is 0.346 e. The van der Waals surface area contributed by atoms with Gasteiger partial charge >= 0.3 is 5.69 Å². The average Bonchev–Trinajstić information content (AvgIpc) is 3.43. The van der Waals surface area contributed by atoms with Gasteiger partial charge in [-0.15, -0.1) is 0 Å². The molecule has 158 valence electrons. The fourth-order valence-electron chi connectivity index (χ4n) is 3.54. The summed E-state index contributed by atoms with van der Waals surface area (Å²) in [6, 6.07) is 0.196. The summed E-state index contributed by atoms with van der Waals surface area (Å²) in [4.78, 5) is 27.0. The molecule has 11 heteroatoms. The minimum atomic E-state index is -3.41. The molecule has 28 heavy (non-hydrogen) atoms. The highest BCUT2D eigenvalue weighted by Crippen LogP contribution is 2.37. The van der Waals surface area contributed by atoms with Gasteiger partial charge in [-0.05, 0) is 25.7 Å². The number of carbonyl (C=O) groups excluding carboxylic acids is 1. The second kappa shape index (κ2) is 8.34. The van der Waals surface area contributed by atoms with Crippen molar-refractivity contribution in [2.24, 2.45) is 0 Å². The monoisotopic (exact) mass is 415 g/mol. The predicted molar refractivity (Wildman–Crippen MR) is 103 cm³/mol. The fourth-order valence-corrected chi connectivity index (χ4v) is 3.88. The van der Waals surface area contributed by atoms with E-state index in [1.165, 1.54) is 11.7 Å². The average molecular weight is 416 g/mol. The van der Waals surface area contributed by atoms with Crippen LogP contribution in [0.2, 0.25) is 0 Å². The zero-order valence-electron chi connectivity index (χ0n) is 16.7. The maximum Gasteiger partial charge on any atom is 0.346 e. The first-order chi connectivity index (χ1) is 13.2. The molecule has 0 aromatic carbocycles. The predicted octanol–water partition coefficient (Wildman–Crippen LogP) is -0.376. The number of sulfonamides is 1. The Labute approximate surface area is 165 Å². The zero-order chi connectivity index (χ0) is 20.5. The number of likely N-dealkylation sites (N-methyl/N-ethyl adjacent to an activating group) is 1. The SMILES string of the molecule is COCCn1nc(C2CCCN(C(=O)CN(C)S(C)(=O)=O)C2)n(C2CC2)c1=O. The van der Waals surface area contributed by atoms with Gasteiger partial charge in [0.15, 0.2) is 0 Å². The number of rotatable bonds is 8. The summed E-state index contributed by atoms with van der Waals surface area (Å²) in [7, 11) is -0.425. The minimum absolute atomic E-state index is 0.0293. The van der Waals surface area contributed by atoms with Crippen molar-refractivity contribution >= 4 is 15.9 Å². The molecule has 0 N–H and O–H groups in total. The Morgan fingerprint density at radius 3 is 2.64 bits per heavy atom. The normalized spacial score (nSPS) is 20.7. The van der Waals surface area contributed by atoms with Crippen LogP contribution in [0, 0.1) is 0 Å². The van der Waals surface area contributed by atoms with Crippen LogP contribution in [0.4, 0.5) is 0 Å². The van der Waals surface area contributed by atoms with Crippen molar-refractivity contribution in [3.63, 3.8) is 0 Å². The van der Waals surface area contributed by atoms with E-state index in [4.69, 9.17) is 4.74 Å². The van der Waals surface area contributed by atoms with Gasteiger partial charge in [0.25, 0.3) is 0 Å². The second-order valence-corrected chi connectivity index (χ2v) is 9.75. The van der Waals surface area contributed by atoms with Gasteiger partial charge < -0.3 is 9.64 Å². The molecule has 1 atom stereocenters. The molecule has 0 bridgehead atoms. The van der Waals surface area contributed by atoms with Gasteiger partial charge in [0.1, 0.15) is 5.82 Å². The van der Waals surface area contributed by atoms with Gasteiger partial charge in [0.05, 0.1) is 26.0 Å². The van der Waals surface area contributed by atoms with Crippen LogP contribution in [0.3, 0.4) is 0 Å². The minimum Gasteiger partial charge on any atom is -0.383 e. The number of amides is 1. The van der Waals surface area contributed by atoms with Gasteiger partial charge in [0.2, 0.25) is 15.9 Å². The van der Waals surface area contributed by atoms with Crippen molar-refractivity contribution in [1.29, 1.82) is 0 Å². The molecule has 1 unspecified atom stereocenters. The van der Waals surface area contributed by atoms with Gasteiger partial charge in [-0.2, -0.15) is 9.40 Å². The molecule has 2 fully saturated rings. The van der Waals surface area contributed by atoms with Gasteiger partial charge in [-0.25, -0.2) is 17.9 Å². The Morgan fingerprint density at radius 2 is 2.04 bits per heavy atom. The first-order valence-electron chi connectivity index (χ1n) is 9.59. The molecule has 1 saturated heterocycles. The quantitative estimate of drug-likeness (QED) is 0.573. The van der Waals surface area contributed by atoms with Crippen molar-refractivity contribution in [2.45, 2.75) is 44.2 Å². The summed E-state index contributed by atoms with van der Waals surface area (Å²) in [5.74, 6) is 0.479. The Kier molecular flexibility index (Phi) is 6.25. The summed E-state index contributed by atoms with van der Waals surface area (Å²) < 4.78 is 32.5. The molecular weight excluding hydrogens is 386 g/mol. The van der Waals surface area contributed by atoms with Crippen LogP contribution in [-0.4, -0.2) is 84.5 Å². The lowest BCUT2D eigenvalue weighted by molar-refractivity contribution is -0.132. The summed E-state index contributed by atoms with van der Waals surface area (Å²) in [6.45, 7) is 1.67. The molecule has 10 nitrogen and oxygen atoms in total. The maximum atomic E-state index is 12.7. The first-order valence-corrected chi connectivity index (χ1v) is 11.4. The molecule has 0 spiro atoms. The topological polar surface area (TPSA) is 107 Å². The number of hydrogen-bond donors (Lipinski definition) is 0. The molecule has 2 aliphatic rings. The van der Waals surface area contributed by atoms with Crippen molar-refractivity contribution in [3.05, 3.63) is 16.3 Å². The van der Waals surface area contributed by atoms with Gasteiger partial charge in [-0.1, -0.05) is 0 Å². The highest BCUT2D eigenvalue weighted by atomic mass is 32.2. The Balaban J connectivity index is 1.77. The molecular formula is C17H29N5O5S. The number of carbonyl (C=O) groups is 1. The van der Waals surface area contributed by atoms with E-state index in [0.717, 1.165) is 42.1 Å². The summed E-state index contributed by atoms with van der Waals surface area (Å²) in [5.41, 5.74) is -0.116. The van der Waals surface area contributed by atoms with Gasteiger partial charge in [-0.3, -0.25) is 9.36 Å². The van der Waals surface area contributed by atoms with Crippen molar-refractivity contribution in [1.82, 2.24) is 23.6 Å². The molecule has 1 aromatic rings. The Hall–Kier alpha value is -1.72. The lowest BCUT2D eigenvalue weighted by Gasteiger charge is -2.33. The van der Waals surface area contributed by atoms with Crippen LogP contribution in [0.15, 0.2) is 4.79 Å². The third kappa shape index (κ3) is 4.64. The molecule has 2 heterocycles. The highest BCUT2D eigenvalue weighted by molar-refractivity contribution is 7.88. The van der Waals surface area contributed by atoms with Crippen LogP contribution in [0.25, 0.3) is 0 Å². The first kappa shape index (κ1) is 21.0. The highest BCUT2D eigenvalue weighted by Gasteiger charge is 2.35. The van der Waals surface area contributed by atoms with Crippen LogP contribution in [0.5, 0.6) is 0 Å². The largest absolute Gasteiger partial charge is 0.383 e. The number of hydrogen-bond acceptors (Lipinski definition) is 6. The lowest BCUT2D eigenvalue weighted by Crippen LogP contribution is -2.45. The van der Waals surface area contributed by atoms with Gasteiger partial charge in [0, 0.05) is 39.2 Å². The number of ether oxygens (including phenoxy) is 1. The third-order valence-corrected chi connectivity index (χ3v) is 6.64. The summed E-state index contributed by atoms with van der Waals surface area (Å²) >= 11 is 0. The lowest BCUT2D eigenvalue weighted by atomic mass is 9.97. The molecule has 1 amide bonds. The van der Waals surface area contributed by atoms with Crippen molar-refractivity contribution in [3.8, 4) is 0 Å². The van der Waals surface area contributed by atoms with E-state index in [-0.39, 0.29) is 30.1 Å². The Morgan fingerprint density at radius 1 is 1.32 bits per heavy atom. The molecule has 0 radical (unpaired) electrons. The van der Waals surface area contributed by atoms with E-state index < -0.39 is 10.0 Å². The number of piperidine rings is 1. The number of nitrogens with zero attached hydrogens (tertiary/aromatic N) is 5. The molecule has 1 aliphatic heterocycles. The standard InChI is InChI=1S/C17H29N5O5S/c1-19(28(3,25)26)12-15(23)20-8-4-5-13(11-20)16-18-21(9-10-27-2)17(24)22(16)14-6-7-14/h13-14H,4-12H2,1-3H3. The zero-order valence-corrected chi connectivity index (χ0v) is 17.5. The number of aromatic nitrogens is 3. The fraction of sp³-hybridized carbons (Fsp3) is 0.824. The van der Waals surface area contributed by atoms with Crippen LogP contribution in [0.1, 0.15) is 43.5 Å². The molecule has 1 aromatic heterocycles. The van der Waals surface area contributed by atoms with E-state index in [1.807, 2.05) is 0 Å². The second-order valence-electron chi connectivity index (χ2n) is 7.66. The molecule has 1 aliphatic carbocycles. The van der Waals surface area contributed by atoms with E-state index in [1.54, 1.807) is 16.6 Å². The van der Waals surface area contributed by atoms with Crippen molar-refractivity contribution in [2.75, 3.05) is 46.7 Å². The van der Waals surface area contributed by atoms with Crippen LogP contribution >= 0.6 is 0 Å². The van der Waals surface area contributed by atoms with Crippen molar-refractivity contribution < 1.29 is 17.9 Å². The molecule has 1 saturated carbocycles. The van der Waals surface area contributed by atoms with E-state index >= 15 is 0 Å². The Bertz CT molecular complexity index is 873. The third-order valence-electron chi connectivity index (χ3n) is 5.38.